The molecular weight excluding hydrogens is 498 g/mol. The minimum Gasteiger partial charge on any atom is -0.480 e. The molecule has 0 amide bonds. The molecule has 1 saturated heterocycles. The number of carbonyl (C=O) groups is 1. The second-order valence-corrected chi connectivity index (χ2v) is 9.05. The van der Waals surface area contributed by atoms with E-state index in [-0.39, 0.29) is 0 Å². The van der Waals surface area contributed by atoms with E-state index in [2.05, 4.69) is 31.7 Å². The summed E-state index contributed by atoms with van der Waals surface area (Å²) in [4.78, 5) is 27.4. The van der Waals surface area contributed by atoms with Crippen molar-refractivity contribution in [3.63, 3.8) is 0 Å². The number of rotatable bonds is 10. The summed E-state index contributed by atoms with van der Waals surface area (Å²) in [6, 6.07) is 16.2. The molecular formula is C27H27N9O3. The molecule has 3 aromatic heterocycles. The fourth-order valence-corrected chi connectivity index (χ4v) is 4.49. The fraction of sp³-hybridized carbons (Fsp3) is 0.296. The number of carboxylic acids is 1. The molecule has 0 saturated carbocycles. The molecule has 0 unspecified atom stereocenters. The fourth-order valence-electron chi connectivity index (χ4n) is 4.49. The first-order valence-corrected chi connectivity index (χ1v) is 12.5. The first kappa shape index (κ1) is 25.7. The van der Waals surface area contributed by atoms with Crippen molar-refractivity contribution in [2.45, 2.75) is 25.4 Å². The van der Waals surface area contributed by atoms with Crippen LogP contribution in [-0.4, -0.2) is 73.9 Å². The summed E-state index contributed by atoms with van der Waals surface area (Å²) in [6.45, 7) is 2.02. The van der Waals surface area contributed by atoms with E-state index in [9.17, 15) is 15.2 Å². The van der Waals surface area contributed by atoms with Gasteiger partial charge in [-0.3, -0.25) is 0 Å². The number of hydrogen-bond acceptors (Lipinski definition) is 10. The number of anilines is 2. The lowest BCUT2D eigenvalue weighted by molar-refractivity contribution is -0.138. The average molecular weight is 526 g/mol. The molecule has 0 radical (unpaired) electrons. The van der Waals surface area contributed by atoms with E-state index in [0.717, 1.165) is 17.7 Å². The van der Waals surface area contributed by atoms with Crippen molar-refractivity contribution < 1.29 is 14.6 Å². The smallest absolute Gasteiger partial charge is 0.326 e. The molecule has 0 spiro atoms. The van der Waals surface area contributed by atoms with Crippen LogP contribution in [0.3, 0.4) is 0 Å². The third-order valence-electron chi connectivity index (χ3n) is 6.35. The summed E-state index contributed by atoms with van der Waals surface area (Å²) in [5.74, 6) is 0.217. The Kier molecular flexibility index (Phi) is 7.70. The van der Waals surface area contributed by atoms with Crippen molar-refractivity contribution in [3.8, 4) is 28.7 Å². The monoisotopic (exact) mass is 525 g/mol. The molecule has 12 nitrogen and oxygen atoms in total. The number of methoxy groups -OCH3 is 1. The van der Waals surface area contributed by atoms with Gasteiger partial charge in [-0.15, -0.1) is 5.10 Å². The Bertz CT molecular complexity index is 1510. The second kappa shape index (κ2) is 11.7. The second-order valence-electron chi connectivity index (χ2n) is 9.05. The number of nitriles is 1. The summed E-state index contributed by atoms with van der Waals surface area (Å²) in [7, 11) is 1.62. The van der Waals surface area contributed by atoms with Crippen LogP contribution >= 0.6 is 0 Å². The molecule has 198 valence electrons. The van der Waals surface area contributed by atoms with Crippen molar-refractivity contribution in [2.24, 2.45) is 0 Å². The van der Waals surface area contributed by atoms with Gasteiger partial charge in [-0.2, -0.15) is 5.26 Å². The van der Waals surface area contributed by atoms with Gasteiger partial charge in [0.1, 0.15) is 17.6 Å². The van der Waals surface area contributed by atoms with Gasteiger partial charge in [-0.1, -0.05) is 23.4 Å². The Balaban J connectivity index is 1.40. The standard InChI is InChI=1S/C27H27N9O3/c1-39-12-10-29-27-31-21(19-6-2-5-18(13-19)15-28)14-22(32-27)23-17-35(34-33-23)16-20-7-3-9-25(30-20)36-11-4-8-24(36)26(37)38/h2-3,5-7,9,13-14,17,24H,4,8,10-12,16H2,1H3,(H,37,38)(H,29,31,32)/t24-/m0/s1. The highest BCUT2D eigenvalue weighted by Gasteiger charge is 2.31. The van der Waals surface area contributed by atoms with E-state index in [1.165, 1.54) is 0 Å². The van der Waals surface area contributed by atoms with Gasteiger partial charge in [0.15, 0.2) is 0 Å². The largest absolute Gasteiger partial charge is 0.480 e. The summed E-state index contributed by atoms with van der Waals surface area (Å²) >= 11 is 0. The van der Waals surface area contributed by atoms with E-state index >= 15 is 0 Å². The number of ether oxygens (including phenoxy) is 1. The molecule has 0 aliphatic carbocycles. The van der Waals surface area contributed by atoms with Crippen LogP contribution in [0.25, 0.3) is 22.6 Å². The lowest BCUT2D eigenvalue weighted by Gasteiger charge is -2.22. The molecule has 0 bridgehead atoms. The van der Waals surface area contributed by atoms with Crippen LogP contribution < -0.4 is 10.2 Å². The van der Waals surface area contributed by atoms with Gasteiger partial charge >= 0.3 is 5.97 Å². The highest BCUT2D eigenvalue weighted by atomic mass is 16.5. The van der Waals surface area contributed by atoms with Crippen molar-refractivity contribution in [2.75, 3.05) is 37.0 Å². The Morgan fingerprint density at radius 3 is 2.82 bits per heavy atom. The molecule has 4 heterocycles. The third kappa shape index (κ3) is 6.00. The predicted molar refractivity (Wildman–Crippen MR) is 143 cm³/mol. The van der Waals surface area contributed by atoms with Crippen molar-refractivity contribution in [1.29, 1.82) is 5.26 Å². The SMILES string of the molecule is COCCNc1nc(-c2cccc(C#N)c2)cc(-c2cn(Cc3cccc(N4CCC[C@H]4C(=O)O)n3)nn2)n1. The number of nitrogens with one attached hydrogen (secondary N) is 1. The molecule has 1 atom stereocenters. The van der Waals surface area contributed by atoms with Gasteiger partial charge in [0, 0.05) is 25.8 Å². The maximum atomic E-state index is 11.6. The summed E-state index contributed by atoms with van der Waals surface area (Å²) in [5, 5.41) is 30.6. The van der Waals surface area contributed by atoms with Gasteiger partial charge in [-0.05, 0) is 43.2 Å². The van der Waals surface area contributed by atoms with E-state index in [1.54, 1.807) is 30.1 Å². The Labute approximate surface area is 224 Å². The third-order valence-corrected chi connectivity index (χ3v) is 6.35. The lowest BCUT2D eigenvalue weighted by atomic mass is 10.1. The molecule has 12 heteroatoms. The maximum Gasteiger partial charge on any atom is 0.326 e. The van der Waals surface area contributed by atoms with Crippen LogP contribution in [-0.2, 0) is 16.1 Å². The topological polar surface area (TPSA) is 155 Å². The van der Waals surface area contributed by atoms with Gasteiger partial charge in [0.2, 0.25) is 5.95 Å². The first-order valence-electron chi connectivity index (χ1n) is 12.5. The average Bonchev–Trinajstić information content (AvgIpc) is 3.64. The molecule has 1 aliphatic rings. The number of hydrogen-bond donors (Lipinski definition) is 2. The van der Waals surface area contributed by atoms with Gasteiger partial charge in [-0.25, -0.2) is 24.4 Å². The number of pyridine rings is 1. The molecule has 1 fully saturated rings. The Morgan fingerprint density at radius 1 is 1.15 bits per heavy atom. The molecule has 2 N–H and O–H groups in total. The molecule has 1 aromatic carbocycles. The quantitative estimate of drug-likeness (QED) is 0.294. The Morgan fingerprint density at radius 2 is 2.00 bits per heavy atom. The Hall–Kier alpha value is -4.89. The van der Waals surface area contributed by atoms with Crippen LogP contribution in [0.15, 0.2) is 54.7 Å². The number of nitrogens with zero attached hydrogens (tertiary/aromatic N) is 8. The minimum atomic E-state index is -0.833. The zero-order valence-electron chi connectivity index (χ0n) is 21.4. The van der Waals surface area contributed by atoms with E-state index in [0.29, 0.717) is 67.1 Å². The zero-order chi connectivity index (χ0) is 27.2. The summed E-state index contributed by atoms with van der Waals surface area (Å²) < 4.78 is 6.79. The molecule has 5 rings (SSSR count). The molecule has 4 aromatic rings. The highest BCUT2D eigenvalue weighted by molar-refractivity contribution is 5.78. The van der Waals surface area contributed by atoms with Crippen molar-refractivity contribution in [3.05, 3.63) is 66.0 Å². The lowest BCUT2D eigenvalue weighted by Crippen LogP contribution is -2.36. The van der Waals surface area contributed by atoms with Gasteiger partial charge < -0.3 is 20.1 Å². The van der Waals surface area contributed by atoms with E-state index in [1.807, 2.05) is 41.3 Å². The highest BCUT2D eigenvalue weighted by Crippen LogP contribution is 2.26. The predicted octanol–water partition coefficient (Wildman–Crippen LogP) is 2.83. The van der Waals surface area contributed by atoms with E-state index in [4.69, 9.17) is 9.72 Å². The molecule has 1 aliphatic heterocycles. The van der Waals surface area contributed by atoms with Crippen LogP contribution in [0.1, 0.15) is 24.1 Å². The van der Waals surface area contributed by atoms with Crippen LogP contribution in [0, 0.1) is 11.3 Å². The van der Waals surface area contributed by atoms with Gasteiger partial charge in [0.05, 0.1) is 48.1 Å². The summed E-state index contributed by atoms with van der Waals surface area (Å²) in [5.41, 5.74) is 3.80. The summed E-state index contributed by atoms with van der Waals surface area (Å²) in [6.07, 6.45) is 3.21. The molecule has 39 heavy (non-hydrogen) atoms. The van der Waals surface area contributed by atoms with Crippen LogP contribution in [0.5, 0.6) is 0 Å². The number of aliphatic carboxylic acids is 1. The number of carboxylic acid groups (broad SMARTS) is 1. The van der Waals surface area contributed by atoms with Crippen molar-refractivity contribution >= 4 is 17.7 Å². The van der Waals surface area contributed by atoms with Crippen LogP contribution in [0.2, 0.25) is 0 Å². The van der Waals surface area contributed by atoms with Crippen molar-refractivity contribution in [1.82, 2.24) is 29.9 Å². The number of aromatic nitrogens is 6. The van der Waals surface area contributed by atoms with Crippen LogP contribution in [0.4, 0.5) is 11.8 Å². The maximum absolute atomic E-state index is 11.6. The minimum absolute atomic E-state index is 0.355. The first-order chi connectivity index (χ1) is 19.0. The normalized spacial score (nSPS) is 14.8. The zero-order valence-corrected chi connectivity index (χ0v) is 21.4. The van der Waals surface area contributed by atoms with Gasteiger partial charge in [0.25, 0.3) is 0 Å². The van der Waals surface area contributed by atoms with E-state index < -0.39 is 12.0 Å². The number of benzene rings is 1.